The Kier molecular flexibility index (Phi) is 2.50. The maximum absolute atomic E-state index is 5.19. The average Bonchev–Trinajstić information content (AvgIpc) is 1.65. The maximum atomic E-state index is 5.19. The fourth-order valence-corrected chi connectivity index (χ4v) is 0.129. The van der Waals surface area contributed by atoms with Crippen LogP contribution in [-0.2, 0) is 0 Å². The SMILES string of the molecule is C=CN(N)CC. The average molecular weight is 86.1 g/mol. The minimum atomic E-state index is 0.823. The van der Waals surface area contributed by atoms with Gasteiger partial charge in [-0.25, -0.2) is 5.84 Å². The summed E-state index contributed by atoms with van der Waals surface area (Å²) in [7, 11) is 0. The molecule has 0 aromatic heterocycles. The third-order valence-electron chi connectivity index (χ3n) is 0.600. The molecule has 0 aromatic rings. The van der Waals surface area contributed by atoms with Crippen LogP contribution < -0.4 is 5.84 Å². The second kappa shape index (κ2) is 2.72. The summed E-state index contributed by atoms with van der Waals surface area (Å²) in [5.41, 5.74) is 0. The number of nitrogens with zero attached hydrogens (tertiary/aromatic N) is 1. The van der Waals surface area contributed by atoms with Crippen LogP contribution in [0.1, 0.15) is 6.92 Å². The van der Waals surface area contributed by atoms with Crippen molar-refractivity contribution in [2.75, 3.05) is 6.54 Å². The first-order valence-corrected chi connectivity index (χ1v) is 1.95. The molecule has 0 unspecified atom stereocenters. The van der Waals surface area contributed by atoms with Gasteiger partial charge in [0.15, 0.2) is 0 Å². The first-order chi connectivity index (χ1) is 2.81. The minimum absolute atomic E-state index is 0.823. The van der Waals surface area contributed by atoms with Gasteiger partial charge in [0.2, 0.25) is 0 Å². The van der Waals surface area contributed by atoms with Crippen LogP contribution in [0.4, 0.5) is 0 Å². The Labute approximate surface area is 38.2 Å². The molecule has 0 saturated heterocycles. The fraction of sp³-hybridized carbons (Fsp3) is 0.500. The Morgan fingerprint density at radius 2 is 2.50 bits per heavy atom. The Bertz CT molecular complexity index is 42.8. The lowest BCUT2D eigenvalue weighted by molar-refractivity contribution is 0.418. The van der Waals surface area contributed by atoms with Gasteiger partial charge in [0, 0.05) is 12.7 Å². The molecule has 0 fully saturated rings. The van der Waals surface area contributed by atoms with Crippen molar-refractivity contribution < 1.29 is 0 Å². The number of rotatable bonds is 2. The normalized spacial score (nSPS) is 7.67. The van der Waals surface area contributed by atoms with E-state index in [1.807, 2.05) is 6.92 Å². The molecule has 0 bridgehead atoms. The number of hydrazine groups is 1. The summed E-state index contributed by atoms with van der Waals surface area (Å²) in [5.74, 6) is 5.19. The van der Waals surface area contributed by atoms with Crippen molar-refractivity contribution in [3.05, 3.63) is 12.8 Å². The standard InChI is InChI=1S/C4H10N2/c1-3-6(5)4-2/h3H,1,4-5H2,2H3. The smallest absolute Gasteiger partial charge is 0.0306 e. The van der Waals surface area contributed by atoms with Crippen molar-refractivity contribution >= 4 is 0 Å². The molecular weight excluding hydrogens is 76.1 g/mol. The molecular formula is C4H10N2. The zero-order valence-corrected chi connectivity index (χ0v) is 4.02. The molecule has 0 amide bonds. The molecule has 0 atom stereocenters. The highest BCUT2D eigenvalue weighted by Crippen LogP contribution is 1.69. The molecule has 0 aliphatic rings. The van der Waals surface area contributed by atoms with Gasteiger partial charge in [0.1, 0.15) is 0 Å². The van der Waals surface area contributed by atoms with E-state index in [9.17, 15) is 0 Å². The summed E-state index contributed by atoms with van der Waals surface area (Å²) in [6.45, 7) is 6.22. The molecule has 0 aliphatic heterocycles. The van der Waals surface area contributed by atoms with Gasteiger partial charge < -0.3 is 5.01 Å². The first kappa shape index (κ1) is 5.50. The van der Waals surface area contributed by atoms with Crippen molar-refractivity contribution in [3.63, 3.8) is 0 Å². The Balaban J connectivity index is 2.96. The number of hydrogen-bond donors (Lipinski definition) is 1. The second-order valence-electron chi connectivity index (χ2n) is 1.01. The molecule has 36 valence electrons. The summed E-state index contributed by atoms with van der Waals surface area (Å²) in [4.78, 5) is 0. The van der Waals surface area contributed by atoms with Gasteiger partial charge in [-0.15, -0.1) is 0 Å². The largest absolute Gasteiger partial charge is 0.319 e. The molecule has 0 aliphatic carbocycles. The zero-order chi connectivity index (χ0) is 4.99. The van der Waals surface area contributed by atoms with Crippen LogP contribution >= 0.6 is 0 Å². The molecule has 2 N–H and O–H groups in total. The number of hydrogen-bond acceptors (Lipinski definition) is 2. The van der Waals surface area contributed by atoms with Crippen LogP contribution in [-0.4, -0.2) is 11.6 Å². The van der Waals surface area contributed by atoms with Gasteiger partial charge in [-0.3, -0.25) is 0 Å². The maximum Gasteiger partial charge on any atom is 0.0306 e. The first-order valence-electron chi connectivity index (χ1n) is 1.95. The predicted molar refractivity (Wildman–Crippen MR) is 26.8 cm³/mol. The highest BCUT2D eigenvalue weighted by Gasteiger charge is 1.74. The van der Waals surface area contributed by atoms with Crippen LogP contribution in [0.15, 0.2) is 12.8 Å². The summed E-state index contributed by atoms with van der Waals surface area (Å²) in [5, 5.41) is 1.51. The van der Waals surface area contributed by atoms with E-state index >= 15 is 0 Å². The molecule has 2 nitrogen and oxygen atoms in total. The highest BCUT2D eigenvalue weighted by atomic mass is 15.4. The topological polar surface area (TPSA) is 29.3 Å². The van der Waals surface area contributed by atoms with Crippen molar-refractivity contribution in [2.45, 2.75) is 6.92 Å². The van der Waals surface area contributed by atoms with E-state index in [0.717, 1.165) is 6.54 Å². The summed E-state index contributed by atoms with van der Waals surface area (Å²) in [6, 6.07) is 0. The summed E-state index contributed by atoms with van der Waals surface area (Å²) in [6.07, 6.45) is 1.58. The van der Waals surface area contributed by atoms with Crippen LogP contribution in [0.2, 0.25) is 0 Å². The van der Waals surface area contributed by atoms with E-state index in [4.69, 9.17) is 5.84 Å². The molecule has 0 radical (unpaired) electrons. The third kappa shape index (κ3) is 1.79. The van der Waals surface area contributed by atoms with E-state index in [0.29, 0.717) is 0 Å². The highest BCUT2D eigenvalue weighted by molar-refractivity contribution is 4.60. The summed E-state index contributed by atoms with van der Waals surface area (Å²) < 4.78 is 0. The van der Waals surface area contributed by atoms with Gasteiger partial charge >= 0.3 is 0 Å². The molecule has 0 aromatic carbocycles. The molecule has 2 heteroatoms. The van der Waals surface area contributed by atoms with E-state index < -0.39 is 0 Å². The van der Waals surface area contributed by atoms with Crippen molar-refractivity contribution in [2.24, 2.45) is 5.84 Å². The van der Waals surface area contributed by atoms with Gasteiger partial charge in [0.05, 0.1) is 0 Å². The quantitative estimate of drug-likeness (QED) is 0.387. The zero-order valence-electron chi connectivity index (χ0n) is 4.02. The molecule has 0 rings (SSSR count). The molecule has 6 heavy (non-hydrogen) atoms. The van der Waals surface area contributed by atoms with Crippen LogP contribution in [0.3, 0.4) is 0 Å². The lowest BCUT2D eigenvalue weighted by Crippen LogP contribution is -2.23. The van der Waals surface area contributed by atoms with E-state index in [1.165, 1.54) is 5.01 Å². The lowest BCUT2D eigenvalue weighted by Gasteiger charge is -2.05. The number of nitrogens with two attached hydrogens (primary N) is 1. The van der Waals surface area contributed by atoms with Gasteiger partial charge in [-0.05, 0) is 6.92 Å². The molecule has 0 saturated carbocycles. The van der Waals surface area contributed by atoms with Crippen molar-refractivity contribution in [1.82, 2.24) is 5.01 Å². The Morgan fingerprint density at radius 3 is 2.50 bits per heavy atom. The van der Waals surface area contributed by atoms with Gasteiger partial charge in [-0.2, -0.15) is 0 Å². The van der Waals surface area contributed by atoms with E-state index in [2.05, 4.69) is 6.58 Å². The van der Waals surface area contributed by atoms with Crippen molar-refractivity contribution in [1.29, 1.82) is 0 Å². The van der Waals surface area contributed by atoms with E-state index in [-0.39, 0.29) is 0 Å². The summed E-state index contributed by atoms with van der Waals surface area (Å²) >= 11 is 0. The Hall–Kier alpha value is -0.500. The molecule has 0 spiro atoms. The predicted octanol–water partition coefficient (Wildman–Crippen LogP) is 0.325. The molecule has 0 heterocycles. The Morgan fingerprint density at radius 1 is 2.00 bits per heavy atom. The van der Waals surface area contributed by atoms with Crippen LogP contribution in [0, 0.1) is 0 Å². The van der Waals surface area contributed by atoms with Crippen molar-refractivity contribution in [3.8, 4) is 0 Å². The van der Waals surface area contributed by atoms with Crippen LogP contribution in [0.25, 0.3) is 0 Å². The third-order valence-corrected chi connectivity index (χ3v) is 0.600. The van der Waals surface area contributed by atoms with Crippen LogP contribution in [0.5, 0.6) is 0 Å². The monoisotopic (exact) mass is 86.1 g/mol. The lowest BCUT2D eigenvalue weighted by atomic mass is 10.7. The second-order valence-corrected chi connectivity index (χ2v) is 1.01. The van der Waals surface area contributed by atoms with Gasteiger partial charge in [-0.1, -0.05) is 6.58 Å². The minimum Gasteiger partial charge on any atom is -0.319 e. The fourth-order valence-electron chi connectivity index (χ4n) is 0.129. The van der Waals surface area contributed by atoms with E-state index in [1.54, 1.807) is 6.20 Å². The van der Waals surface area contributed by atoms with Gasteiger partial charge in [0.25, 0.3) is 0 Å².